The highest BCUT2D eigenvalue weighted by Gasteiger charge is 2.09. The Bertz CT molecular complexity index is 601. The Morgan fingerprint density at radius 2 is 0.673 bits per heavy atom. The van der Waals surface area contributed by atoms with Gasteiger partial charge in [0.15, 0.2) is 0 Å². The standard InChI is InChI=1S/C24H51NO.C18H36O2.2CH2O2/c1-3-5-7-9-11-12-13-14-15-16-18-20-22-25(23-24-26)21-19-17-10-8-6-4-2;1-3-5-7-9-11-13-15-18(20-17-19)16-14-12-10-8-6-4-2;2*2-1-3/h26H,3-24H2,1-2H3;17-18H,3-16H2,1-2H3;2*1H,(H,2,3). The minimum atomic E-state index is -0.250. The summed E-state index contributed by atoms with van der Waals surface area (Å²) in [5, 5.41) is 23.0. The molecule has 0 spiro atoms. The van der Waals surface area contributed by atoms with Crippen LogP contribution in [-0.4, -0.2) is 72.0 Å². The first-order chi connectivity index (χ1) is 25.5. The van der Waals surface area contributed by atoms with Crippen molar-refractivity contribution in [3.8, 4) is 0 Å². The van der Waals surface area contributed by atoms with Crippen LogP contribution in [0.15, 0.2) is 0 Å². The van der Waals surface area contributed by atoms with E-state index in [0.717, 1.165) is 19.4 Å². The summed E-state index contributed by atoms with van der Waals surface area (Å²) in [7, 11) is 0. The van der Waals surface area contributed by atoms with Crippen LogP contribution < -0.4 is 0 Å². The molecule has 0 fully saturated rings. The molecule has 8 nitrogen and oxygen atoms in total. The zero-order valence-electron chi connectivity index (χ0n) is 35.2. The van der Waals surface area contributed by atoms with Crippen molar-refractivity contribution >= 4 is 19.4 Å². The quantitative estimate of drug-likeness (QED) is 0.0421. The predicted octanol–water partition coefficient (Wildman–Crippen LogP) is 12.8. The van der Waals surface area contributed by atoms with Crippen LogP contribution in [-0.2, 0) is 19.1 Å². The smallest absolute Gasteiger partial charge is 0.293 e. The molecule has 0 aromatic rings. The molecule has 8 heteroatoms. The number of carboxylic acid groups (broad SMARTS) is 2. The summed E-state index contributed by atoms with van der Waals surface area (Å²) in [4.78, 5) is 29.7. The minimum absolute atomic E-state index is 0.171. The summed E-state index contributed by atoms with van der Waals surface area (Å²) in [5.74, 6) is 0. The number of ether oxygens (including phenoxy) is 1. The van der Waals surface area contributed by atoms with Crippen LogP contribution in [0, 0.1) is 0 Å². The van der Waals surface area contributed by atoms with Crippen LogP contribution in [0.3, 0.4) is 0 Å². The molecule has 52 heavy (non-hydrogen) atoms. The van der Waals surface area contributed by atoms with Crippen molar-refractivity contribution in [1.82, 2.24) is 4.90 Å². The Morgan fingerprint density at radius 1 is 0.423 bits per heavy atom. The number of aliphatic hydroxyl groups excluding tert-OH is 1. The lowest BCUT2D eigenvalue weighted by Gasteiger charge is -2.21. The maximum atomic E-state index is 10.5. The largest absolute Gasteiger partial charge is 0.483 e. The molecule has 0 heterocycles. The summed E-state index contributed by atoms with van der Waals surface area (Å²) in [6, 6.07) is 0. The normalized spacial score (nSPS) is 10.4. The van der Waals surface area contributed by atoms with Crippen LogP contribution in [0.2, 0.25) is 0 Å². The van der Waals surface area contributed by atoms with Crippen molar-refractivity contribution < 1.29 is 34.4 Å². The molecule has 0 aliphatic heterocycles. The SMILES string of the molecule is CCCCCCCCC(CCCCCCCC)OC=O.CCCCCCCCCCCCCCN(CCO)CCCCCCCC.O=CO.O=CO. The van der Waals surface area contributed by atoms with E-state index in [1.54, 1.807) is 0 Å². The van der Waals surface area contributed by atoms with Gasteiger partial charge in [0.1, 0.15) is 6.10 Å². The zero-order chi connectivity index (χ0) is 39.4. The van der Waals surface area contributed by atoms with E-state index in [2.05, 4.69) is 32.6 Å². The number of carbonyl (C=O) groups excluding carboxylic acids is 1. The van der Waals surface area contributed by atoms with Gasteiger partial charge in [-0.05, 0) is 51.6 Å². The lowest BCUT2D eigenvalue weighted by molar-refractivity contribution is -0.134. The van der Waals surface area contributed by atoms with Gasteiger partial charge in [0.25, 0.3) is 19.4 Å². The highest BCUT2D eigenvalue weighted by Crippen LogP contribution is 2.16. The lowest BCUT2D eigenvalue weighted by Crippen LogP contribution is -2.29. The molecule has 0 aliphatic rings. The average molecular weight is 746 g/mol. The fraction of sp³-hybridized carbons (Fsp3) is 0.932. The fourth-order valence-electron chi connectivity index (χ4n) is 6.43. The van der Waals surface area contributed by atoms with Crippen molar-refractivity contribution in [2.24, 2.45) is 0 Å². The number of unbranched alkanes of at least 4 members (excludes halogenated alkanes) is 26. The Morgan fingerprint density at radius 3 is 0.923 bits per heavy atom. The van der Waals surface area contributed by atoms with Crippen LogP contribution in [0.5, 0.6) is 0 Å². The van der Waals surface area contributed by atoms with E-state index in [4.69, 9.17) is 24.5 Å². The molecule has 0 aromatic heterocycles. The molecule has 0 rings (SSSR count). The Labute approximate surface area is 323 Å². The Hall–Kier alpha value is -1.67. The number of rotatable bonds is 38. The fourth-order valence-corrected chi connectivity index (χ4v) is 6.43. The van der Waals surface area contributed by atoms with Gasteiger partial charge in [-0.2, -0.15) is 0 Å². The van der Waals surface area contributed by atoms with Crippen molar-refractivity contribution in [1.29, 1.82) is 0 Å². The van der Waals surface area contributed by atoms with Gasteiger partial charge in [-0.15, -0.1) is 0 Å². The Kier molecular flexibility index (Phi) is 64.3. The summed E-state index contributed by atoms with van der Waals surface area (Å²) < 4.78 is 5.22. The Balaban J connectivity index is -0.000000393. The molecule has 0 aromatic carbocycles. The van der Waals surface area contributed by atoms with E-state index in [-0.39, 0.29) is 19.0 Å². The summed E-state index contributed by atoms with van der Waals surface area (Å²) in [6.45, 7) is 12.7. The summed E-state index contributed by atoms with van der Waals surface area (Å²) in [6.07, 6.45) is 43.1. The first kappa shape index (κ1) is 57.1. The van der Waals surface area contributed by atoms with E-state index in [1.165, 1.54) is 206 Å². The predicted molar refractivity (Wildman–Crippen MR) is 222 cm³/mol. The van der Waals surface area contributed by atoms with Crippen molar-refractivity contribution in [3.63, 3.8) is 0 Å². The molecular weight excluding hydrogens is 654 g/mol. The van der Waals surface area contributed by atoms with E-state index in [0.29, 0.717) is 13.1 Å². The lowest BCUT2D eigenvalue weighted by atomic mass is 10.0. The average Bonchev–Trinajstić information content (AvgIpc) is 3.14. The maximum Gasteiger partial charge on any atom is 0.293 e. The van der Waals surface area contributed by atoms with Gasteiger partial charge < -0.3 is 25.0 Å². The summed E-state index contributed by atoms with van der Waals surface area (Å²) in [5.41, 5.74) is 0. The summed E-state index contributed by atoms with van der Waals surface area (Å²) >= 11 is 0. The van der Waals surface area contributed by atoms with E-state index in [1.807, 2.05) is 0 Å². The first-order valence-corrected chi connectivity index (χ1v) is 22.1. The molecule has 0 amide bonds. The van der Waals surface area contributed by atoms with Crippen LogP contribution in [0.1, 0.15) is 233 Å². The van der Waals surface area contributed by atoms with Crippen molar-refractivity contribution in [2.75, 3.05) is 26.2 Å². The van der Waals surface area contributed by atoms with E-state index in [9.17, 15) is 9.90 Å². The number of carbonyl (C=O) groups is 3. The molecule has 0 unspecified atom stereocenters. The number of hydrogen-bond donors (Lipinski definition) is 3. The second-order valence-electron chi connectivity index (χ2n) is 14.4. The van der Waals surface area contributed by atoms with Crippen LogP contribution >= 0.6 is 0 Å². The maximum absolute atomic E-state index is 10.5. The van der Waals surface area contributed by atoms with Gasteiger partial charge in [-0.3, -0.25) is 14.4 Å². The first-order valence-electron chi connectivity index (χ1n) is 22.1. The van der Waals surface area contributed by atoms with Gasteiger partial charge in [0.2, 0.25) is 0 Å². The topological polar surface area (TPSA) is 124 Å². The van der Waals surface area contributed by atoms with E-state index < -0.39 is 0 Å². The van der Waals surface area contributed by atoms with Crippen LogP contribution in [0.25, 0.3) is 0 Å². The molecule has 0 aliphatic carbocycles. The minimum Gasteiger partial charge on any atom is -0.483 e. The molecule has 3 N–H and O–H groups in total. The monoisotopic (exact) mass is 746 g/mol. The zero-order valence-corrected chi connectivity index (χ0v) is 35.2. The van der Waals surface area contributed by atoms with Gasteiger partial charge in [0, 0.05) is 6.54 Å². The molecule has 0 saturated carbocycles. The van der Waals surface area contributed by atoms with Gasteiger partial charge >= 0.3 is 0 Å². The second kappa shape index (κ2) is 58.6. The van der Waals surface area contributed by atoms with Gasteiger partial charge in [-0.25, -0.2) is 0 Å². The molecular formula is C44H91NO7. The second-order valence-corrected chi connectivity index (χ2v) is 14.4. The number of nitrogens with zero attached hydrogens (tertiary/aromatic N) is 1. The molecule has 0 atom stereocenters. The molecule has 0 radical (unpaired) electrons. The third kappa shape index (κ3) is 60.4. The van der Waals surface area contributed by atoms with Crippen LogP contribution in [0.4, 0.5) is 0 Å². The van der Waals surface area contributed by atoms with Crippen molar-refractivity contribution in [2.45, 2.75) is 239 Å². The number of hydrogen-bond acceptors (Lipinski definition) is 6. The third-order valence-corrected chi connectivity index (χ3v) is 9.58. The van der Waals surface area contributed by atoms with Gasteiger partial charge in [-0.1, -0.05) is 195 Å². The third-order valence-electron chi connectivity index (χ3n) is 9.58. The molecule has 0 bridgehead atoms. The van der Waals surface area contributed by atoms with Crippen molar-refractivity contribution in [3.05, 3.63) is 0 Å². The van der Waals surface area contributed by atoms with Gasteiger partial charge in [0.05, 0.1) is 6.61 Å². The van der Waals surface area contributed by atoms with E-state index >= 15 is 0 Å². The molecule has 0 saturated heterocycles. The molecule has 314 valence electrons. The highest BCUT2D eigenvalue weighted by molar-refractivity contribution is 5.37. The number of aliphatic hydroxyl groups is 1. The highest BCUT2D eigenvalue weighted by atomic mass is 16.5.